The minimum atomic E-state index is 0.499. The van der Waals surface area contributed by atoms with Crippen molar-refractivity contribution in [3.05, 3.63) is 64.9 Å². The van der Waals surface area contributed by atoms with E-state index in [1.165, 1.54) is 13.4 Å². The first-order valence-corrected chi connectivity index (χ1v) is 7.73. The lowest BCUT2D eigenvalue weighted by Gasteiger charge is -2.12. The molecule has 0 amide bonds. The summed E-state index contributed by atoms with van der Waals surface area (Å²) in [6.07, 6.45) is 2.28. The van der Waals surface area contributed by atoms with Crippen molar-refractivity contribution in [1.29, 1.82) is 0 Å². The summed E-state index contributed by atoms with van der Waals surface area (Å²) < 4.78 is 5.28. The molecule has 0 aliphatic heterocycles. The second kappa shape index (κ2) is 6.81. The van der Waals surface area contributed by atoms with Crippen LogP contribution in [0.5, 0.6) is 5.75 Å². The van der Waals surface area contributed by atoms with Gasteiger partial charge in [-0.1, -0.05) is 35.9 Å². The van der Waals surface area contributed by atoms with Crippen LogP contribution in [0, 0.1) is 6.92 Å². The van der Waals surface area contributed by atoms with Crippen LogP contribution in [0.2, 0.25) is 5.02 Å². The first kappa shape index (κ1) is 16.1. The summed E-state index contributed by atoms with van der Waals surface area (Å²) in [5.41, 5.74) is 4.67. The van der Waals surface area contributed by atoms with Gasteiger partial charge < -0.3 is 4.74 Å². The van der Waals surface area contributed by atoms with E-state index in [4.69, 9.17) is 16.3 Å². The molecule has 0 N–H and O–H groups in total. The number of halogens is 1. The Kier molecular flexibility index (Phi) is 4.58. The molecular weight excluding hydrogens is 324 g/mol. The number of nitrogens with zero attached hydrogens (tertiary/aromatic N) is 2. The van der Waals surface area contributed by atoms with Gasteiger partial charge in [0.05, 0.1) is 24.1 Å². The third-order valence-electron chi connectivity index (χ3n) is 3.85. The van der Waals surface area contributed by atoms with E-state index in [-0.39, 0.29) is 0 Å². The predicted molar refractivity (Wildman–Crippen MR) is 94.6 cm³/mol. The van der Waals surface area contributed by atoms with E-state index in [0.717, 1.165) is 34.4 Å². The second-order valence-corrected chi connectivity index (χ2v) is 5.66. The molecule has 0 unspecified atom stereocenters. The lowest BCUT2D eigenvalue weighted by Crippen LogP contribution is -1.97. The van der Waals surface area contributed by atoms with Gasteiger partial charge in [-0.3, -0.25) is 4.79 Å². The topological polar surface area (TPSA) is 52.1 Å². The van der Waals surface area contributed by atoms with Gasteiger partial charge in [-0.15, -0.1) is 0 Å². The normalized spacial score (nSPS) is 10.5. The molecule has 120 valence electrons. The van der Waals surface area contributed by atoms with Crippen LogP contribution in [-0.4, -0.2) is 23.4 Å². The minimum absolute atomic E-state index is 0.499. The summed E-state index contributed by atoms with van der Waals surface area (Å²) in [6, 6.07) is 12.9. The first-order valence-electron chi connectivity index (χ1n) is 7.35. The van der Waals surface area contributed by atoms with E-state index in [9.17, 15) is 4.79 Å². The third kappa shape index (κ3) is 2.88. The van der Waals surface area contributed by atoms with Crippen molar-refractivity contribution in [2.75, 3.05) is 7.11 Å². The van der Waals surface area contributed by atoms with E-state index in [0.29, 0.717) is 16.3 Å². The largest absolute Gasteiger partial charge is 0.496 e. The van der Waals surface area contributed by atoms with Gasteiger partial charge in [-0.2, -0.15) is 0 Å². The Morgan fingerprint density at radius 2 is 1.83 bits per heavy atom. The number of benzene rings is 2. The fourth-order valence-electron chi connectivity index (χ4n) is 2.62. The Balaban J connectivity index is 2.16. The molecule has 0 atom stereocenters. The number of carbonyl (C=O) groups is 1. The molecule has 0 bridgehead atoms. The molecule has 5 heteroatoms. The van der Waals surface area contributed by atoms with Crippen molar-refractivity contribution in [3.63, 3.8) is 0 Å². The summed E-state index contributed by atoms with van der Waals surface area (Å²) in [5.74, 6) is 0.514. The Hall–Kier alpha value is -2.72. The maximum atomic E-state index is 11.1. The van der Waals surface area contributed by atoms with Gasteiger partial charge in [0.2, 0.25) is 0 Å². The molecule has 2 aromatic carbocycles. The van der Waals surface area contributed by atoms with E-state index in [1.54, 1.807) is 12.1 Å². The lowest BCUT2D eigenvalue weighted by atomic mass is 10.0. The highest BCUT2D eigenvalue weighted by Gasteiger charge is 2.14. The van der Waals surface area contributed by atoms with Gasteiger partial charge in [0.1, 0.15) is 12.1 Å². The molecule has 4 nitrogen and oxygen atoms in total. The maximum absolute atomic E-state index is 11.1. The Morgan fingerprint density at radius 3 is 2.54 bits per heavy atom. The number of methoxy groups -OCH3 is 1. The Labute approximate surface area is 145 Å². The number of hydrogen-bond acceptors (Lipinski definition) is 4. The number of rotatable bonds is 4. The maximum Gasteiger partial charge on any atom is 0.153 e. The van der Waals surface area contributed by atoms with E-state index in [1.807, 2.05) is 37.3 Å². The van der Waals surface area contributed by atoms with Crippen LogP contribution >= 0.6 is 11.6 Å². The SMILES string of the molecule is COc1cc(-c2ncnc(-c3ccccc3Cl)c2C)ccc1C=O. The van der Waals surface area contributed by atoms with Crippen LogP contribution in [-0.2, 0) is 0 Å². The molecule has 0 saturated carbocycles. The van der Waals surface area contributed by atoms with E-state index >= 15 is 0 Å². The summed E-state index contributed by atoms with van der Waals surface area (Å²) in [7, 11) is 1.54. The highest BCUT2D eigenvalue weighted by atomic mass is 35.5. The van der Waals surface area contributed by atoms with Gasteiger partial charge in [-0.05, 0) is 25.1 Å². The van der Waals surface area contributed by atoms with Gasteiger partial charge in [0.25, 0.3) is 0 Å². The van der Waals surface area contributed by atoms with Crippen LogP contribution in [0.15, 0.2) is 48.8 Å². The van der Waals surface area contributed by atoms with Crippen molar-refractivity contribution < 1.29 is 9.53 Å². The molecule has 3 rings (SSSR count). The standard InChI is InChI=1S/C19H15ClN2O2/c1-12-18(13-7-8-14(10-23)17(9-13)24-2)21-11-22-19(12)15-5-3-4-6-16(15)20/h3-11H,1-2H3. The van der Waals surface area contributed by atoms with Gasteiger partial charge in [0.15, 0.2) is 6.29 Å². The quantitative estimate of drug-likeness (QED) is 0.653. The average molecular weight is 339 g/mol. The smallest absolute Gasteiger partial charge is 0.153 e. The van der Waals surface area contributed by atoms with Crippen LogP contribution in [0.3, 0.4) is 0 Å². The number of aldehydes is 1. The number of aromatic nitrogens is 2. The van der Waals surface area contributed by atoms with Gasteiger partial charge in [0, 0.05) is 21.7 Å². The van der Waals surface area contributed by atoms with Crippen molar-refractivity contribution in [3.8, 4) is 28.3 Å². The molecular formula is C19H15ClN2O2. The molecule has 3 aromatic rings. The summed E-state index contributed by atoms with van der Waals surface area (Å²) in [4.78, 5) is 19.8. The van der Waals surface area contributed by atoms with E-state index in [2.05, 4.69) is 9.97 Å². The fraction of sp³-hybridized carbons (Fsp3) is 0.105. The Morgan fingerprint density at radius 1 is 1.08 bits per heavy atom. The summed E-state index contributed by atoms with van der Waals surface area (Å²) >= 11 is 6.30. The lowest BCUT2D eigenvalue weighted by molar-refractivity contribution is 0.112. The van der Waals surface area contributed by atoms with Crippen molar-refractivity contribution in [2.24, 2.45) is 0 Å². The van der Waals surface area contributed by atoms with E-state index < -0.39 is 0 Å². The van der Waals surface area contributed by atoms with Crippen LogP contribution in [0.4, 0.5) is 0 Å². The molecule has 0 fully saturated rings. The van der Waals surface area contributed by atoms with Crippen molar-refractivity contribution >= 4 is 17.9 Å². The Bertz CT molecular complexity index is 910. The predicted octanol–water partition coefficient (Wildman–Crippen LogP) is 4.59. The third-order valence-corrected chi connectivity index (χ3v) is 4.18. The molecule has 1 heterocycles. The zero-order chi connectivity index (χ0) is 17.1. The second-order valence-electron chi connectivity index (χ2n) is 5.25. The van der Waals surface area contributed by atoms with Crippen LogP contribution in [0.25, 0.3) is 22.5 Å². The molecule has 1 aromatic heterocycles. The molecule has 0 radical (unpaired) electrons. The monoisotopic (exact) mass is 338 g/mol. The molecule has 24 heavy (non-hydrogen) atoms. The molecule has 0 spiro atoms. The van der Waals surface area contributed by atoms with Crippen molar-refractivity contribution in [2.45, 2.75) is 6.92 Å². The highest BCUT2D eigenvalue weighted by molar-refractivity contribution is 6.33. The summed E-state index contributed by atoms with van der Waals surface area (Å²) in [6.45, 7) is 1.95. The fourth-order valence-corrected chi connectivity index (χ4v) is 2.85. The number of hydrogen-bond donors (Lipinski definition) is 0. The van der Waals surface area contributed by atoms with Crippen LogP contribution < -0.4 is 4.74 Å². The molecule has 0 aliphatic carbocycles. The zero-order valence-corrected chi connectivity index (χ0v) is 14.0. The summed E-state index contributed by atoms with van der Waals surface area (Å²) in [5, 5.41) is 0.638. The number of carbonyl (C=O) groups excluding carboxylic acids is 1. The average Bonchev–Trinajstić information content (AvgIpc) is 2.62. The van der Waals surface area contributed by atoms with Crippen LogP contribution in [0.1, 0.15) is 15.9 Å². The first-order chi connectivity index (χ1) is 11.7. The molecule has 0 saturated heterocycles. The molecule has 0 aliphatic rings. The minimum Gasteiger partial charge on any atom is -0.496 e. The van der Waals surface area contributed by atoms with Crippen molar-refractivity contribution in [1.82, 2.24) is 9.97 Å². The number of ether oxygens (including phenoxy) is 1. The highest BCUT2D eigenvalue weighted by Crippen LogP contribution is 2.33. The van der Waals surface area contributed by atoms with Gasteiger partial charge >= 0.3 is 0 Å². The van der Waals surface area contributed by atoms with Gasteiger partial charge in [-0.25, -0.2) is 9.97 Å². The zero-order valence-electron chi connectivity index (χ0n) is 13.3.